The first kappa shape index (κ1) is 11.1. The van der Waals surface area contributed by atoms with Crippen molar-refractivity contribution in [2.75, 3.05) is 38.2 Å². The van der Waals surface area contributed by atoms with Crippen molar-refractivity contribution in [3.63, 3.8) is 0 Å². The third kappa shape index (κ3) is 2.09. The lowest BCUT2D eigenvalue weighted by molar-refractivity contribution is 0.382. The van der Waals surface area contributed by atoms with E-state index in [2.05, 4.69) is 5.32 Å². The molecule has 0 aromatic heterocycles. The highest BCUT2D eigenvalue weighted by Gasteiger charge is 2.17. The van der Waals surface area contributed by atoms with Crippen LogP contribution in [0.5, 0.6) is 5.75 Å². The smallest absolute Gasteiger partial charge is 0.167 e. The Labute approximate surface area is 93.0 Å². The Hall–Kier alpha value is -1.36. The van der Waals surface area contributed by atoms with E-state index in [1.54, 1.807) is 0 Å². The van der Waals surface area contributed by atoms with Crippen LogP contribution in [0.2, 0.25) is 0 Å². The van der Waals surface area contributed by atoms with E-state index in [4.69, 9.17) is 4.74 Å². The first-order valence-corrected chi connectivity index (χ1v) is 5.21. The van der Waals surface area contributed by atoms with Crippen LogP contribution in [0.25, 0.3) is 0 Å². The van der Waals surface area contributed by atoms with Gasteiger partial charge in [0.25, 0.3) is 0 Å². The van der Waals surface area contributed by atoms with Gasteiger partial charge in [0.2, 0.25) is 0 Å². The Morgan fingerprint density at radius 2 is 1.88 bits per heavy atom. The molecule has 16 heavy (non-hydrogen) atoms. The van der Waals surface area contributed by atoms with Crippen molar-refractivity contribution < 1.29 is 13.5 Å². The van der Waals surface area contributed by atoms with Crippen LogP contribution in [0.15, 0.2) is 12.1 Å². The molecule has 1 fully saturated rings. The SMILES string of the molecule is COc1cc(F)c(N2CCNCC2)cc1F. The van der Waals surface area contributed by atoms with Gasteiger partial charge in [0.05, 0.1) is 12.8 Å². The van der Waals surface area contributed by atoms with E-state index in [1.807, 2.05) is 4.90 Å². The standard InChI is InChI=1S/C11H14F2N2O/c1-16-11-7-8(12)10(6-9(11)13)15-4-2-14-3-5-15/h6-7,14H,2-5H2,1H3. The Kier molecular flexibility index (Phi) is 3.24. The maximum absolute atomic E-state index is 13.7. The second-order valence-corrected chi connectivity index (χ2v) is 3.68. The van der Waals surface area contributed by atoms with Gasteiger partial charge in [-0.25, -0.2) is 8.78 Å². The number of hydrogen-bond acceptors (Lipinski definition) is 3. The predicted octanol–water partition coefficient (Wildman–Crippen LogP) is 1.38. The quantitative estimate of drug-likeness (QED) is 0.827. The molecule has 1 aliphatic rings. The molecule has 1 heterocycles. The normalized spacial score (nSPS) is 16.3. The molecular weight excluding hydrogens is 214 g/mol. The highest BCUT2D eigenvalue weighted by Crippen LogP contribution is 2.27. The summed E-state index contributed by atoms with van der Waals surface area (Å²) in [5.41, 5.74) is 0.305. The van der Waals surface area contributed by atoms with E-state index < -0.39 is 11.6 Å². The number of ether oxygens (including phenoxy) is 1. The van der Waals surface area contributed by atoms with Crippen molar-refractivity contribution in [1.29, 1.82) is 0 Å². The molecule has 0 atom stereocenters. The van der Waals surface area contributed by atoms with E-state index in [9.17, 15) is 8.78 Å². The highest BCUT2D eigenvalue weighted by molar-refractivity contribution is 5.51. The number of hydrogen-bond donors (Lipinski definition) is 1. The lowest BCUT2D eigenvalue weighted by Crippen LogP contribution is -2.43. The topological polar surface area (TPSA) is 24.5 Å². The average molecular weight is 228 g/mol. The first-order chi connectivity index (χ1) is 7.72. The summed E-state index contributed by atoms with van der Waals surface area (Å²) in [5.74, 6) is -1.03. The van der Waals surface area contributed by atoms with Gasteiger partial charge in [-0.15, -0.1) is 0 Å². The molecule has 0 aliphatic carbocycles. The summed E-state index contributed by atoms with van der Waals surface area (Å²) >= 11 is 0. The molecule has 5 heteroatoms. The van der Waals surface area contributed by atoms with Gasteiger partial charge in [0.1, 0.15) is 5.82 Å². The minimum Gasteiger partial charge on any atom is -0.494 e. The maximum Gasteiger partial charge on any atom is 0.167 e. The zero-order valence-electron chi connectivity index (χ0n) is 9.09. The Morgan fingerprint density at radius 1 is 1.19 bits per heavy atom. The Bertz CT molecular complexity index is 378. The molecule has 1 N–H and O–H groups in total. The van der Waals surface area contributed by atoms with E-state index in [0.717, 1.165) is 19.2 Å². The van der Waals surface area contributed by atoms with Crippen molar-refractivity contribution in [2.45, 2.75) is 0 Å². The van der Waals surface area contributed by atoms with Crippen molar-refractivity contribution in [1.82, 2.24) is 5.32 Å². The molecule has 1 aromatic rings. The number of benzene rings is 1. The largest absolute Gasteiger partial charge is 0.494 e. The summed E-state index contributed by atoms with van der Waals surface area (Å²) in [4.78, 5) is 1.83. The van der Waals surface area contributed by atoms with Gasteiger partial charge in [-0.3, -0.25) is 0 Å². The lowest BCUT2D eigenvalue weighted by Gasteiger charge is -2.29. The predicted molar refractivity (Wildman–Crippen MR) is 58.0 cm³/mol. The van der Waals surface area contributed by atoms with Gasteiger partial charge in [0, 0.05) is 38.3 Å². The number of methoxy groups -OCH3 is 1. The second kappa shape index (κ2) is 4.65. The van der Waals surface area contributed by atoms with E-state index in [-0.39, 0.29) is 5.75 Å². The zero-order chi connectivity index (χ0) is 11.5. The van der Waals surface area contributed by atoms with Crippen LogP contribution in [0.1, 0.15) is 0 Å². The van der Waals surface area contributed by atoms with Gasteiger partial charge in [-0.2, -0.15) is 0 Å². The minimum atomic E-state index is -0.530. The zero-order valence-corrected chi connectivity index (χ0v) is 9.09. The van der Waals surface area contributed by atoms with Crippen LogP contribution in [0.3, 0.4) is 0 Å². The fourth-order valence-electron chi connectivity index (χ4n) is 1.82. The summed E-state index contributed by atoms with van der Waals surface area (Å²) in [6, 6.07) is 2.28. The number of nitrogens with zero attached hydrogens (tertiary/aromatic N) is 1. The Morgan fingerprint density at radius 3 is 2.50 bits per heavy atom. The molecule has 1 saturated heterocycles. The molecular formula is C11H14F2N2O. The van der Waals surface area contributed by atoms with E-state index in [1.165, 1.54) is 13.2 Å². The average Bonchev–Trinajstić information content (AvgIpc) is 2.32. The number of nitrogens with one attached hydrogen (secondary N) is 1. The Balaban J connectivity index is 2.29. The summed E-state index contributed by atoms with van der Waals surface area (Å²) in [6.07, 6.45) is 0. The fraction of sp³-hybridized carbons (Fsp3) is 0.455. The van der Waals surface area contributed by atoms with Crippen LogP contribution in [-0.2, 0) is 0 Å². The molecule has 88 valence electrons. The van der Waals surface area contributed by atoms with Gasteiger partial charge in [0.15, 0.2) is 11.6 Å². The van der Waals surface area contributed by atoms with Crippen LogP contribution in [-0.4, -0.2) is 33.3 Å². The van der Waals surface area contributed by atoms with E-state index >= 15 is 0 Å². The summed E-state index contributed by atoms with van der Waals surface area (Å²) in [6.45, 7) is 2.94. The number of anilines is 1. The van der Waals surface area contributed by atoms with Gasteiger partial charge in [-0.05, 0) is 0 Å². The van der Waals surface area contributed by atoms with Crippen molar-refractivity contribution in [3.05, 3.63) is 23.8 Å². The van der Waals surface area contributed by atoms with Crippen molar-refractivity contribution in [3.8, 4) is 5.75 Å². The van der Waals surface area contributed by atoms with Crippen LogP contribution in [0, 0.1) is 11.6 Å². The molecule has 1 aliphatic heterocycles. The number of halogens is 2. The molecule has 1 aromatic carbocycles. The van der Waals surface area contributed by atoms with Gasteiger partial charge < -0.3 is 15.0 Å². The van der Waals surface area contributed by atoms with Crippen LogP contribution in [0.4, 0.5) is 14.5 Å². The van der Waals surface area contributed by atoms with E-state index in [0.29, 0.717) is 18.8 Å². The summed E-state index contributed by atoms with van der Waals surface area (Å²) in [5, 5.41) is 3.16. The number of rotatable bonds is 2. The van der Waals surface area contributed by atoms with Gasteiger partial charge in [-0.1, -0.05) is 0 Å². The molecule has 0 saturated carbocycles. The molecule has 0 spiro atoms. The van der Waals surface area contributed by atoms with Gasteiger partial charge >= 0.3 is 0 Å². The summed E-state index contributed by atoms with van der Waals surface area (Å²) < 4.78 is 31.9. The molecule has 0 bridgehead atoms. The first-order valence-electron chi connectivity index (χ1n) is 5.21. The highest BCUT2D eigenvalue weighted by atomic mass is 19.1. The molecule has 0 amide bonds. The minimum absolute atomic E-state index is 0.0589. The monoisotopic (exact) mass is 228 g/mol. The van der Waals surface area contributed by atoms with Crippen LogP contribution < -0.4 is 15.0 Å². The van der Waals surface area contributed by atoms with Crippen LogP contribution >= 0.6 is 0 Å². The third-order valence-electron chi connectivity index (χ3n) is 2.68. The second-order valence-electron chi connectivity index (χ2n) is 3.68. The third-order valence-corrected chi connectivity index (χ3v) is 2.68. The molecule has 2 rings (SSSR count). The molecule has 0 radical (unpaired) electrons. The molecule has 3 nitrogen and oxygen atoms in total. The summed E-state index contributed by atoms with van der Waals surface area (Å²) in [7, 11) is 1.32. The molecule has 0 unspecified atom stereocenters. The van der Waals surface area contributed by atoms with Crippen molar-refractivity contribution in [2.24, 2.45) is 0 Å². The fourth-order valence-corrected chi connectivity index (χ4v) is 1.82. The van der Waals surface area contributed by atoms with Crippen molar-refractivity contribution >= 4 is 5.69 Å². The maximum atomic E-state index is 13.7. The lowest BCUT2D eigenvalue weighted by atomic mass is 10.2. The number of piperazine rings is 1.